The number of hydrogen-bond donors (Lipinski definition) is 2. The summed E-state index contributed by atoms with van der Waals surface area (Å²) in [6.07, 6.45) is 5.28. The van der Waals surface area contributed by atoms with E-state index in [0.29, 0.717) is 5.56 Å². The second kappa shape index (κ2) is 8.18. The van der Waals surface area contributed by atoms with Gasteiger partial charge in [0.15, 0.2) is 0 Å². The Morgan fingerprint density at radius 2 is 1.69 bits per heavy atom. The number of likely N-dealkylation sites (tertiary alicyclic amines) is 1. The summed E-state index contributed by atoms with van der Waals surface area (Å²) >= 11 is 0. The van der Waals surface area contributed by atoms with Crippen molar-refractivity contribution in [1.29, 1.82) is 0 Å². The van der Waals surface area contributed by atoms with Crippen LogP contribution in [0.3, 0.4) is 0 Å². The van der Waals surface area contributed by atoms with Crippen LogP contribution in [0.2, 0.25) is 0 Å². The van der Waals surface area contributed by atoms with Crippen LogP contribution in [-0.4, -0.2) is 50.8 Å². The number of benzene rings is 1. The van der Waals surface area contributed by atoms with E-state index in [-0.39, 0.29) is 35.7 Å². The molecule has 1 saturated heterocycles. The minimum absolute atomic E-state index is 0.0421. The lowest BCUT2D eigenvalue weighted by atomic mass is 10.1. The number of sulfonamides is 1. The molecule has 1 saturated carbocycles. The maximum Gasteiger partial charge on any atom is 0.251 e. The van der Waals surface area contributed by atoms with Gasteiger partial charge in [0.25, 0.3) is 5.91 Å². The maximum atomic E-state index is 12.2. The molecular formula is C18H25N3O4S. The quantitative estimate of drug-likeness (QED) is 0.745. The van der Waals surface area contributed by atoms with E-state index in [9.17, 15) is 18.0 Å². The van der Waals surface area contributed by atoms with E-state index in [1.807, 2.05) is 4.90 Å². The number of rotatable bonds is 7. The van der Waals surface area contributed by atoms with Crippen molar-refractivity contribution >= 4 is 21.8 Å². The molecule has 1 aromatic carbocycles. The van der Waals surface area contributed by atoms with E-state index in [0.717, 1.165) is 38.8 Å². The summed E-state index contributed by atoms with van der Waals surface area (Å²) in [6.45, 7) is 1.88. The van der Waals surface area contributed by atoms with E-state index in [4.69, 9.17) is 0 Å². The van der Waals surface area contributed by atoms with Crippen molar-refractivity contribution in [3.8, 4) is 0 Å². The molecule has 0 radical (unpaired) electrons. The Hall–Kier alpha value is -1.93. The fourth-order valence-corrected chi connectivity index (χ4v) is 4.27. The number of hydrogen-bond acceptors (Lipinski definition) is 4. The first kappa shape index (κ1) is 18.8. The number of piperidine rings is 1. The number of nitrogens with one attached hydrogen (secondary N) is 2. The van der Waals surface area contributed by atoms with Gasteiger partial charge in [-0.2, -0.15) is 0 Å². The molecule has 1 aromatic rings. The minimum Gasteiger partial charge on any atom is -0.352 e. The molecule has 1 heterocycles. The Morgan fingerprint density at radius 1 is 1.04 bits per heavy atom. The first-order valence-corrected chi connectivity index (χ1v) is 10.6. The first-order valence-electron chi connectivity index (χ1n) is 9.14. The second-order valence-corrected chi connectivity index (χ2v) is 8.58. The Bertz CT molecular complexity index is 751. The van der Waals surface area contributed by atoms with Gasteiger partial charge < -0.3 is 10.2 Å². The normalized spacial score (nSPS) is 17.8. The molecule has 3 rings (SSSR count). The highest BCUT2D eigenvalue weighted by Crippen LogP contribution is 2.22. The van der Waals surface area contributed by atoms with E-state index >= 15 is 0 Å². The second-order valence-electron chi connectivity index (χ2n) is 6.87. The van der Waals surface area contributed by atoms with Gasteiger partial charge in [-0.05, 0) is 56.4 Å². The fraction of sp³-hybridized carbons (Fsp3) is 0.556. The number of carbonyl (C=O) groups excluding carboxylic acids is 2. The summed E-state index contributed by atoms with van der Waals surface area (Å²) < 4.78 is 26.8. The summed E-state index contributed by atoms with van der Waals surface area (Å²) in [6, 6.07) is 5.88. The van der Waals surface area contributed by atoms with Crippen molar-refractivity contribution < 1.29 is 18.0 Å². The predicted molar refractivity (Wildman–Crippen MR) is 97.2 cm³/mol. The standard InChI is InChI=1S/C18H25N3O4S/c22-17(21-12-2-1-3-13-21)10-11-19-18(23)14-4-8-16(9-5-14)26(24,25)20-15-6-7-15/h4-5,8-9,15,20H,1-3,6-7,10-13H2,(H,19,23). The van der Waals surface area contributed by atoms with Gasteiger partial charge in [-0.15, -0.1) is 0 Å². The third-order valence-electron chi connectivity index (χ3n) is 4.66. The molecule has 2 fully saturated rings. The molecule has 142 valence electrons. The van der Waals surface area contributed by atoms with Gasteiger partial charge >= 0.3 is 0 Å². The molecule has 7 nitrogen and oxygen atoms in total. The van der Waals surface area contributed by atoms with Crippen LogP contribution in [0, 0.1) is 0 Å². The van der Waals surface area contributed by atoms with Crippen LogP contribution in [0.1, 0.15) is 48.9 Å². The van der Waals surface area contributed by atoms with Crippen LogP contribution in [0.4, 0.5) is 0 Å². The van der Waals surface area contributed by atoms with Crippen molar-refractivity contribution in [2.45, 2.75) is 49.5 Å². The molecule has 0 spiro atoms. The topological polar surface area (TPSA) is 95.6 Å². The Morgan fingerprint density at radius 3 is 2.31 bits per heavy atom. The lowest BCUT2D eigenvalue weighted by Gasteiger charge is -2.26. The van der Waals surface area contributed by atoms with Crippen molar-refractivity contribution in [2.75, 3.05) is 19.6 Å². The zero-order valence-corrected chi connectivity index (χ0v) is 15.6. The van der Waals surface area contributed by atoms with Crippen molar-refractivity contribution in [3.05, 3.63) is 29.8 Å². The third-order valence-corrected chi connectivity index (χ3v) is 6.20. The van der Waals surface area contributed by atoms with Crippen LogP contribution in [0.25, 0.3) is 0 Å². The fourth-order valence-electron chi connectivity index (χ4n) is 2.96. The molecule has 26 heavy (non-hydrogen) atoms. The molecular weight excluding hydrogens is 354 g/mol. The average molecular weight is 379 g/mol. The molecule has 0 aromatic heterocycles. The average Bonchev–Trinajstić information content (AvgIpc) is 3.45. The summed E-state index contributed by atoms with van der Waals surface area (Å²) in [4.78, 5) is 26.2. The Kier molecular flexibility index (Phi) is 5.93. The molecule has 0 bridgehead atoms. The van der Waals surface area contributed by atoms with Crippen LogP contribution >= 0.6 is 0 Å². The zero-order valence-electron chi connectivity index (χ0n) is 14.7. The summed E-state index contributed by atoms with van der Waals surface area (Å²) in [5, 5.41) is 2.72. The Labute approximate surface area is 154 Å². The third kappa shape index (κ3) is 5.04. The van der Waals surface area contributed by atoms with Gasteiger partial charge in [0.1, 0.15) is 0 Å². The lowest BCUT2D eigenvalue weighted by Crippen LogP contribution is -2.37. The number of carbonyl (C=O) groups is 2. The number of nitrogens with zero attached hydrogens (tertiary/aromatic N) is 1. The number of amides is 2. The monoisotopic (exact) mass is 379 g/mol. The van der Waals surface area contributed by atoms with Crippen LogP contribution < -0.4 is 10.0 Å². The largest absolute Gasteiger partial charge is 0.352 e. The van der Waals surface area contributed by atoms with E-state index < -0.39 is 10.0 Å². The predicted octanol–water partition coefficient (Wildman–Crippen LogP) is 1.26. The highest BCUT2D eigenvalue weighted by Gasteiger charge is 2.28. The van der Waals surface area contributed by atoms with Crippen molar-refractivity contribution in [1.82, 2.24) is 14.9 Å². The van der Waals surface area contributed by atoms with Crippen LogP contribution in [0.15, 0.2) is 29.2 Å². The SMILES string of the molecule is O=C(NCCC(=O)N1CCCCC1)c1ccc(S(=O)(=O)NC2CC2)cc1. The molecule has 2 aliphatic rings. The van der Waals surface area contributed by atoms with Gasteiger partial charge in [0, 0.05) is 37.7 Å². The Balaban J connectivity index is 1.47. The van der Waals surface area contributed by atoms with Gasteiger partial charge in [-0.25, -0.2) is 13.1 Å². The van der Waals surface area contributed by atoms with Crippen molar-refractivity contribution in [2.24, 2.45) is 0 Å². The summed E-state index contributed by atoms with van der Waals surface area (Å²) in [7, 11) is -3.51. The van der Waals surface area contributed by atoms with E-state index in [1.165, 1.54) is 30.7 Å². The lowest BCUT2D eigenvalue weighted by molar-refractivity contribution is -0.131. The van der Waals surface area contributed by atoms with Crippen molar-refractivity contribution in [3.63, 3.8) is 0 Å². The summed E-state index contributed by atoms with van der Waals surface area (Å²) in [5.74, 6) is -0.242. The van der Waals surface area contributed by atoms with Gasteiger partial charge in [-0.1, -0.05) is 0 Å². The van der Waals surface area contributed by atoms with Gasteiger partial charge in [0.05, 0.1) is 4.90 Å². The smallest absolute Gasteiger partial charge is 0.251 e. The molecule has 1 aliphatic carbocycles. The molecule has 0 unspecified atom stereocenters. The van der Waals surface area contributed by atoms with Crippen LogP contribution in [-0.2, 0) is 14.8 Å². The summed E-state index contributed by atoms with van der Waals surface area (Å²) in [5.41, 5.74) is 0.376. The van der Waals surface area contributed by atoms with Gasteiger partial charge in [0.2, 0.25) is 15.9 Å². The first-order chi connectivity index (χ1) is 12.5. The molecule has 2 N–H and O–H groups in total. The van der Waals surface area contributed by atoms with E-state index in [2.05, 4.69) is 10.0 Å². The molecule has 1 aliphatic heterocycles. The minimum atomic E-state index is -3.51. The van der Waals surface area contributed by atoms with E-state index in [1.54, 1.807) is 0 Å². The highest BCUT2D eigenvalue weighted by atomic mass is 32.2. The molecule has 8 heteroatoms. The highest BCUT2D eigenvalue weighted by molar-refractivity contribution is 7.89. The maximum absolute atomic E-state index is 12.2. The molecule has 2 amide bonds. The zero-order chi connectivity index (χ0) is 18.6. The molecule has 0 atom stereocenters. The van der Waals surface area contributed by atoms with Gasteiger partial charge in [-0.3, -0.25) is 9.59 Å². The van der Waals surface area contributed by atoms with Crippen LogP contribution in [0.5, 0.6) is 0 Å².